The zero-order chi connectivity index (χ0) is 23.8. The molecule has 8 heteroatoms. The summed E-state index contributed by atoms with van der Waals surface area (Å²) in [7, 11) is 2.98. The third-order valence-electron chi connectivity index (χ3n) is 4.74. The fourth-order valence-corrected chi connectivity index (χ4v) is 3.00. The summed E-state index contributed by atoms with van der Waals surface area (Å²) in [6.45, 7) is 0.182. The van der Waals surface area contributed by atoms with Gasteiger partial charge in [0.25, 0.3) is 5.69 Å². The number of ketones is 1. The zero-order valence-corrected chi connectivity index (χ0v) is 18.0. The Morgan fingerprint density at radius 3 is 2.42 bits per heavy atom. The summed E-state index contributed by atoms with van der Waals surface area (Å²) in [5, 5.41) is 20.3. The van der Waals surface area contributed by atoms with Gasteiger partial charge in [0.05, 0.1) is 19.1 Å². The molecule has 0 aliphatic carbocycles. The van der Waals surface area contributed by atoms with Crippen molar-refractivity contribution >= 4 is 17.5 Å². The summed E-state index contributed by atoms with van der Waals surface area (Å²) in [5.74, 6) is 0.964. The molecule has 0 N–H and O–H groups in total. The molecule has 3 aromatic carbocycles. The minimum Gasteiger partial charge on any atom is -0.497 e. The van der Waals surface area contributed by atoms with Crippen molar-refractivity contribution in [2.24, 2.45) is 0 Å². The molecule has 0 aliphatic rings. The van der Waals surface area contributed by atoms with E-state index in [9.17, 15) is 20.2 Å². The number of carbonyl (C=O) groups excluding carboxylic acids is 1. The third kappa shape index (κ3) is 5.74. The number of allylic oxidation sites excluding steroid dienone is 1. The van der Waals surface area contributed by atoms with Crippen molar-refractivity contribution in [1.29, 1.82) is 5.26 Å². The maximum atomic E-state index is 12.8. The van der Waals surface area contributed by atoms with Gasteiger partial charge in [0.2, 0.25) is 5.78 Å². The minimum atomic E-state index is -0.464. The lowest BCUT2D eigenvalue weighted by atomic mass is 10.0. The lowest BCUT2D eigenvalue weighted by Crippen LogP contribution is -2.02. The second kappa shape index (κ2) is 10.6. The van der Waals surface area contributed by atoms with E-state index >= 15 is 0 Å². The highest BCUT2D eigenvalue weighted by molar-refractivity contribution is 6.14. The molecule has 0 atom stereocenters. The van der Waals surface area contributed by atoms with Crippen LogP contribution in [0.1, 0.15) is 21.5 Å². The highest BCUT2D eigenvalue weighted by atomic mass is 16.6. The first kappa shape index (κ1) is 23.0. The van der Waals surface area contributed by atoms with Crippen LogP contribution in [0.3, 0.4) is 0 Å². The highest BCUT2D eigenvalue weighted by Crippen LogP contribution is 2.30. The van der Waals surface area contributed by atoms with E-state index in [1.807, 2.05) is 6.07 Å². The van der Waals surface area contributed by atoms with E-state index in [1.54, 1.807) is 54.6 Å². The van der Waals surface area contributed by atoms with Crippen LogP contribution in [0.25, 0.3) is 6.08 Å². The molecule has 166 valence electrons. The Kier molecular flexibility index (Phi) is 7.39. The van der Waals surface area contributed by atoms with Gasteiger partial charge in [-0.3, -0.25) is 14.9 Å². The number of Topliss-reactive ketones (excluding diaryl/α,β-unsaturated/α-hetero) is 1. The van der Waals surface area contributed by atoms with Crippen LogP contribution in [0, 0.1) is 21.4 Å². The Labute approximate surface area is 190 Å². The van der Waals surface area contributed by atoms with Crippen LogP contribution in [0.15, 0.2) is 72.3 Å². The number of carbonyl (C=O) groups is 1. The van der Waals surface area contributed by atoms with Crippen LogP contribution in [0.4, 0.5) is 5.69 Å². The van der Waals surface area contributed by atoms with Gasteiger partial charge in [0.1, 0.15) is 24.0 Å². The molecule has 0 bridgehead atoms. The Morgan fingerprint density at radius 2 is 1.79 bits per heavy atom. The van der Waals surface area contributed by atoms with E-state index in [1.165, 1.54) is 32.4 Å². The number of methoxy groups -OCH3 is 2. The molecular weight excluding hydrogens is 424 g/mol. The first-order valence-electron chi connectivity index (χ1n) is 9.80. The topological polar surface area (TPSA) is 112 Å². The molecule has 0 fully saturated rings. The Hall–Kier alpha value is -4.64. The fraction of sp³-hybridized carbons (Fsp3) is 0.120. The number of nitriles is 1. The van der Waals surface area contributed by atoms with Crippen molar-refractivity contribution in [3.8, 4) is 23.3 Å². The molecule has 3 aromatic rings. The summed E-state index contributed by atoms with van der Waals surface area (Å²) >= 11 is 0. The predicted octanol–water partition coefficient (Wildman–Crippen LogP) is 4.98. The van der Waals surface area contributed by atoms with Gasteiger partial charge in [-0.25, -0.2) is 0 Å². The van der Waals surface area contributed by atoms with E-state index in [0.717, 1.165) is 5.56 Å². The number of nitro benzene ring substituents is 1. The van der Waals surface area contributed by atoms with Gasteiger partial charge in [-0.1, -0.05) is 18.2 Å². The molecule has 0 amide bonds. The molecule has 33 heavy (non-hydrogen) atoms. The molecule has 0 aromatic heterocycles. The number of hydrogen-bond donors (Lipinski definition) is 0. The van der Waals surface area contributed by atoms with Crippen LogP contribution in [0.5, 0.6) is 17.2 Å². The van der Waals surface area contributed by atoms with Crippen LogP contribution in [-0.4, -0.2) is 24.9 Å². The van der Waals surface area contributed by atoms with Gasteiger partial charge in [0, 0.05) is 17.7 Å². The molecule has 0 saturated carbocycles. The molecule has 0 aliphatic heterocycles. The second-order valence-corrected chi connectivity index (χ2v) is 6.85. The molecule has 8 nitrogen and oxygen atoms in total. The monoisotopic (exact) mass is 444 g/mol. The summed E-state index contributed by atoms with van der Waals surface area (Å²) in [5.41, 5.74) is 1.65. The SMILES string of the molecule is COc1cccc(C(=O)/C(C#N)=C/c2ccc(OCc3ccc([N+](=O)[O-])cc3)c(OC)c2)c1. The first-order valence-corrected chi connectivity index (χ1v) is 9.80. The second-order valence-electron chi connectivity index (χ2n) is 6.85. The molecule has 0 radical (unpaired) electrons. The van der Waals surface area contributed by atoms with Gasteiger partial charge in [-0.15, -0.1) is 0 Å². The summed E-state index contributed by atoms with van der Waals surface area (Å²) in [4.78, 5) is 23.0. The number of hydrogen-bond acceptors (Lipinski definition) is 7. The van der Waals surface area contributed by atoms with Crippen LogP contribution >= 0.6 is 0 Å². The van der Waals surface area contributed by atoms with Gasteiger partial charge in [-0.2, -0.15) is 5.26 Å². The molecular formula is C25H20N2O6. The lowest BCUT2D eigenvalue weighted by Gasteiger charge is -2.11. The zero-order valence-electron chi connectivity index (χ0n) is 18.0. The molecule has 0 heterocycles. The predicted molar refractivity (Wildman–Crippen MR) is 121 cm³/mol. The van der Waals surface area contributed by atoms with Crippen molar-refractivity contribution in [3.05, 3.63) is 99.1 Å². The van der Waals surface area contributed by atoms with Crippen LogP contribution in [0.2, 0.25) is 0 Å². The molecule has 0 unspecified atom stereocenters. The largest absolute Gasteiger partial charge is 0.497 e. The van der Waals surface area contributed by atoms with Crippen molar-refractivity contribution in [3.63, 3.8) is 0 Å². The number of benzene rings is 3. The number of non-ortho nitro benzene ring substituents is 1. The molecule has 0 spiro atoms. The first-order chi connectivity index (χ1) is 15.9. The van der Waals surface area contributed by atoms with E-state index in [4.69, 9.17) is 14.2 Å². The van der Waals surface area contributed by atoms with E-state index in [0.29, 0.717) is 28.4 Å². The molecule has 0 saturated heterocycles. The average Bonchev–Trinajstić information content (AvgIpc) is 2.86. The van der Waals surface area contributed by atoms with E-state index in [-0.39, 0.29) is 17.9 Å². The van der Waals surface area contributed by atoms with Crippen molar-refractivity contribution in [1.82, 2.24) is 0 Å². The highest BCUT2D eigenvalue weighted by Gasteiger charge is 2.14. The number of nitrogens with zero attached hydrogens (tertiary/aromatic N) is 2. The van der Waals surface area contributed by atoms with Gasteiger partial charge < -0.3 is 14.2 Å². The van der Waals surface area contributed by atoms with E-state index in [2.05, 4.69) is 0 Å². The standard InChI is InChI=1S/C25H20N2O6/c1-31-22-5-3-4-19(14-22)25(28)20(15-26)12-18-8-11-23(24(13-18)32-2)33-16-17-6-9-21(10-7-17)27(29)30/h3-14H,16H2,1-2H3/b20-12+. The number of nitro groups is 1. The van der Waals surface area contributed by atoms with Crippen molar-refractivity contribution in [2.75, 3.05) is 14.2 Å². The summed E-state index contributed by atoms with van der Waals surface area (Å²) in [6.07, 6.45) is 1.48. The van der Waals surface area contributed by atoms with Crippen LogP contribution < -0.4 is 14.2 Å². The number of ether oxygens (including phenoxy) is 3. The fourth-order valence-electron chi connectivity index (χ4n) is 3.00. The Balaban J connectivity index is 1.78. The summed E-state index contributed by atoms with van der Waals surface area (Å²) in [6, 6.07) is 19.6. The third-order valence-corrected chi connectivity index (χ3v) is 4.74. The number of rotatable bonds is 9. The van der Waals surface area contributed by atoms with Gasteiger partial charge in [0.15, 0.2) is 11.5 Å². The Bertz CT molecular complexity index is 1240. The maximum absolute atomic E-state index is 12.8. The van der Waals surface area contributed by atoms with Crippen LogP contribution in [-0.2, 0) is 6.61 Å². The van der Waals surface area contributed by atoms with Crippen molar-refractivity contribution in [2.45, 2.75) is 6.61 Å². The maximum Gasteiger partial charge on any atom is 0.269 e. The normalized spacial score (nSPS) is 10.8. The van der Waals surface area contributed by atoms with Crippen molar-refractivity contribution < 1.29 is 23.9 Å². The lowest BCUT2D eigenvalue weighted by molar-refractivity contribution is -0.384. The Morgan fingerprint density at radius 1 is 1.03 bits per heavy atom. The minimum absolute atomic E-state index is 0.00395. The molecule has 3 rings (SSSR count). The van der Waals surface area contributed by atoms with Gasteiger partial charge >= 0.3 is 0 Å². The van der Waals surface area contributed by atoms with Gasteiger partial charge in [-0.05, 0) is 53.6 Å². The smallest absolute Gasteiger partial charge is 0.269 e. The van der Waals surface area contributed by atoms with E-state index < -0.39 is 10.7 Å². The average molecular weight is 444 g/mol. The summed E-state index contributed by atoms with van der Waals surface area (Å²) < 4.78 is 16.3. The quantitative estimate of drug-likeness (QED) is 0.150.